The molecule has 5 nitrogen and oxygen atoms in total. The molecule has 0 bridgehead atoms. The van der Waals surface area contributed by atoms with Crippen LogP contribution in [-0.2, 0) is 0 Å². The zero-order valence-electron chi connectivity index (χ0n) is 10.8. The lowest BCUT2D eigenvalue weighted by Crippen LogP contribution is -2.21. The molecule has 1 heterocycles. The van der Waals surface area contributed by atoms with Crippen LogP contribution in [0, 0.1) is 13.8 Å². The van der Waals surface area contributed by atoms with Gasteiger partial charge >= 0.3 is 0 Å². The van der Waals surface area contributed by atoms with Crippen LogP contribution in [-0.4, -0.2) is 10.9 Å². The Bertz CT molecular complexity index is 689. The first kappa shape index (κ1) is 12.9. The van der Waals surface area contributed by atoms with Gasteiger partial charge in [-0.3, -0.25) is 9.59 Å². The molecule has 5 heteroatoms. The van der Waals surface area contributed by atoms with Gasteiger partial charge in [-0.15, -0.1) is 0 Å². The number of nitrogen functional groups attached to an aromatic ring is 1. The number of benzene rings is 1. The fourth-order valence-electron chi connectivity index (χ4n) is 1.73. The Balaban J connectivity index is 2.32. The van der Waals surface area contributed by atoms with Crippen LogP contribution in [0.1, 0.15) is 21.5 Å². The summed E-state index contributed by atoms with van der Waals surface area (Å²) in [5.41, 5.74) is 8.63. The van der Waals surface area contributed by atoms with Crippen molar-refractivity contribution in [3.63, 3.8) is 0 Å². The number of aryl methyl sites for hydroxylation is 2. The Morgan fingerprint density at radius 1 is 1.26 bits per heavy atom. The summed E-state index contributed by atoms with van der Waals surface area (Å²) in [5, 5.41) is 2.65. The van der Waals surface area contributed by atoms with Crippen molar-refractivity contribution >= 4 is 17.3 Å². The van der Waals surface area contributed by atoms with Gasteiger partial charge in [-0.05, 0) is 37.1 Å². The standard InChI is InChI=1S/C14H15N3O2/c1-8-5-11(15)12(6-9(8)2)17-14(19)10-7-16-4-3-13(10)18/h3-7H,15H2,1-2H3,(H,16,18)(H,17,19). The number of aromatic nitrogens is 1. The molecule has 1 aromatic heterocycles. The average Bonchev–Trinajstić information content (AvgIpc) is 2.36. The highest BCUT2D eigenvalue weighted by atomic mass is 16.2. The second-order valence-electron chi connectivity index (χ2n) is 4.40. The number of aromatic amines is 1. The van der Waals surface area contributed by atoms with Crippen molar-refractivity contribution in [1.82, 2.24) is 4.98 Å². The lowest BCUT2D eigenvalue weighted by atomic mass is 10.1. The van der Waals surface area contributed by atoms with E-state index in [9.17, 15) is 9.59 Å². The summed E-state index contributed by atoms with van der Waals surface area (Å²) in [4.78, 5) is 26.3. The topological polar surface area (TPSA) is 88.0 Å². The number of rotatable bonds is 2. The lowest BCUT2D eigenvalue weighted by molar-refractivity contribution is 0.102. The van der Waals surface area contributed by atoms with Crippen molar-refractivity contribution in [2.75, 3.05) is 11.1 Å². The summed E-state index contributed by atoms with van der Waals surface area (Å²) in [6, 6.07) is 4.89. The number of carbonyl (C=O) groups excluding carboxylic acids is 1. The molecule has 0 saturated carbocycles. The first-order valence-corrected chi connectivity index (χ1v) is 5.84. The number of hydrogen-bond acceptors (Lipinski definition) is 3. The molecule has 4 N–H and O–H groups in total. The van der Waals surface area contributed by atoms with Crippen molar-refractivity contribution in [1.29, 1.82) is 0 Å². The van der Waals surface area contributed by atoms with E-state index in [1.807, 2.05) is 13.8 Å². The van der Waals surface area contributed by atoms with Crippen LogP contribution in [0.25, 0.3) is 0 Å². The summed E-state index contributed by atoms with van der Waals surface area (Å²) >= 11 is 0. The van der Waals surface area contributed by atoms with Crippen LogP contribution in [0.4, 0.5) is 11.4 Å². The van der Waals surface area contributed by atoms with Gasteiger partial charge in [-0.1, -0.05) is 0 Å². The normalized spacial score (nSPS) is 10.2. The molecule has 1 aromatic carbocycles. The Hall–Kier alpha value is -2.56. The number of pyridine rings is 1. The molecule has 19 heavy (non-hydrogen) atoms. The average molecular weight is 257 g/mol. The van der Waals surface area contributed by atoms with Crippen molar-refractivity contribution in [2.24, 2.45) is 0 Å². The maximum atomic E-state index is 12.0. The fraction of sp³-hybridized carbons (Fsp3) is 0.143. The molecule has 0 saturated heterocycles. The fourth-order valence-corrected chi connectivity index (χ4v) is 1.73. The van der Waals surface area contributed by atoms with Gasteiger partial charge in [0.25, 0.3) is 5.91 Å². The number of amides is 1. The zero-order chi connectivity index (χ0) is 14.0. The number of nitrogens with two attached hydrogens (primary N) is 1. The third kappa shape index (κ3) is 2.65. The van der Waals surface area contributed by atoms with Crippen LogP contribution >= 0.6 is 0 Å². The van der Waals surface area contributed by atoms with Crippen LogP contribution in [0.3, 0.4) is 0 Å². The van der Waals surface area contributed by atoms with Gasteiger partial charge in [-0.2, -0.15) is 0 Å². The Morgan fingerprint density at radius 2 is 1.95 bits per heavy atom. The zero-order valence-corrected chi connectivity index (χ0v) is 10.8. The second-order valence-corrected chi connectivity index (χ2v) is 4.40. The van der Waals surface area contributed by atoms with Crippen molar-refractivity contribution in [2.45, 2.75) is 13.8 Å². The highest BCUT2D eigenvalue weighted by Gasteiger charge is 2.11. The Labute approximate surface area is 110 Å². The molecule has 1 amide bonds. The minimum Gasteiger partial charge on any atom is -0.397 e. The van der Waals surface area contributed by atoms with Gasteiger partial charge < -0.3 is 16.0 Å². The summed E-state index contributed by atoms with van der Waals surface area (Å²) in [6.07, 6.45) is 2.85. The van der Waals surface area contributed by atoms with Crippen molar-refractivity contribution in [3.05, 3.63) is 57.5 Å². The maximum Gasteiger partial charge on any atom is 0.261 e. The van der Waals surface area contributed by atoms with E-state index in [1.165, 1.54) is 18.5 Å². The van der Waals surface area contributed by atoms with E-state index in [2.05, 4.69) is 10.3 Å². The molecule has 0 aliphatic heterocycles. The van der Waals surface area contributed by atoms with E-state index in [0.29, 0.717) is 11.4 Å². The molecule has 2 rings (SSSR count). The number of anilines is 2. The number of carbonyl (C=O) groups is 1. The molecule has 98 valence electrons. The lowest BCUT2D eigenvalue weighted by Gasteiger charge is -2.10. The quantitative estimate of drug-likeness (QED) is 0.717. The van der Waals surface area contributed by atoms with Gasteiger partial charge in [0, 0.05) is 18.5 Å². The molecular weight excluding hydrogens is 242 g/mol. The molecule has 0 aliphatic carbocycles. The van der Waals surface area contributed by atoms with Gasteiger partial charge in [0.2, 0.25) is 0 Å². The molecule has 0 fully saturated rings. The molecular formula is C14H15N3O2. The molecule has 2 aromatic rings. The molecule has 0 aliphatic rings. The Kier molecular flexibility index (Phi) is 3.37. The third-order valence-electron chi connectivity index (χ3n) is 2.98. The maximum absolute atomic E-state index is 12.0. The molecule has 0 atom stereocenters. The van der Waals surface area contributed by atoms with Crippen LogP contribution in [0.2, 0.25) is 0 Å². The first-order chi connectivity index (χ1) is 8.99. The predicted molar refractivity (Wildman–Crippen MR) is 75.3 cm³/mol. The van der Waals surface area contributed by atoms with Crippen LogP contribution in [0.5, 0.6) is 0 Å². The van der Waals surface area contributed by atoms with E-state index >= 15 is 0 Å². The molecule has 0 unspecified atom stereocenters. The summed E-state index contributed by atoms with van der Waals surface area (Å²) in [6.45, 7) is 3.87. The predicted octanol–water partition coefficient (Wildman–Crippen LogP) is 1.83. The summed E-state index contributed by atoms with van der Waals surface area (Å²) < 4.78 is 0. The summed E-state index contributed by atoms with van der Waals surface area (Å²) in [5.74, 6) is -0.475. The summed E-state index contributed by atoms with van der Waals surface area (Å²) in [7, 11) is 0. The number of H-pyrrole nitrogens is 1. The highest BCUT2D eigenvalue weighted by Crippen LogP contribution is 2.23. The van der Waals surface area contributed by atoms with Gasteiger partial charge in [0.15, 0.2) is 5.43 Å². The van der Waals surface area contributed by atoms with Gasteiger partial charge in [0.05, 0.1) is 11.4 Å². The van der Waals surface area contributed by atoms with E-state index in [4.69, 9.17) is 5.73 Å². The molecule has 0 spiro atoms. The van der Waals surface area contributed by atoms with E-state index in [-0.39, 0.29) is 11.0 Å². The van der Waals surface area contributed by atoms with Gasteiger partial charge in [0.1, 0.15) is 5.56 Å². The van der Waals surface area contributed by atoms with Gasteiger partial charge in [-0.25, -0.2) is 0 Å². The highest BCUT2D eigenvalue weighted by molar-refractivity contribution is 6.05. The number of hydrogen-bond donors (Lipinski definition) is 3. The largest absolute Gasteiger partial charge is 0.397 e. The SMILES string of the molecule is Cc1cc(N)c(NC(=O)c2c[nH]ccc2=O)cc1C. The first-order valence-electron chi connectivity index (χ1n) is 5.84. The minimum atomic E-state index is -0.475. The smallest absolute Gasteiger partial charge is 0.261 e. The van der Waals surface area contributed by atoms with E-state index in [1.54, 1.807) is 12.1 Å². The van der Waals surface area contributed by atoms with Crippen molar-refractivity contribution < 1.29 is 4.79 Å². The molecule has 0 radical (unpaired) electrons. The van der Waals surface area contributed by atoms with Crippen LogP contribution in [0.15, 0.2) is 35.4 Å². The Morgan fingerprint density at radius 3 is 2.63 bits per heavy atom. The van der Waals surface area contributed by atoms with Crippen LogP contribution < -0.4 is 16.5 Å². The number of nitrogens with one attached hydrogen (secondary N) is 2. The van der Waals surface area contributed by atoms with Crippen molar-refractivity contribution in [3.8, 4) is 0 Å². The van der Waals surface area contributed by atoms with E-state index in [0.717, 1.165) is 11.1 Å². The third-order valence-corrected chi connectivity index (χ3v) is 2.98. The minimum absolute atomic E-state index is 0.0557. The second kappa shape index (κ2) is 4.97. The monoisotopic (exact) mass is 257 g/mol. The van der Waals surface area contributed by atoms with E-state index < -0.39 is 5.91 Å².